The molecule has 0 spiro atoms. The lowest BCUT2D eigenvalue weighted by atomic mass is 9.70. The van der Waals surface area contributed by atoms with Gasteiger partial charge in [-0.25, -0.2) is 8.42 Å². The maximum absolute atomic E-state index is 12.0. The Labute approximate surface area is 171 Å². The summed E-state index contributed by atoms with van der Waals surface area (Å²) in [6, 6.07) is 0. The van der Waals surface area contributed by atoms with Crippen LogP contribution in [0.2, 0.25) is 0 Å². The number of rotatable bonds is 4. The van der Waals surface area contributed by atoms with E-state index in [0.29, 0.717) is 43.0 Å². The molecular weight excluding hydrogens is 400 g/mol. The molecule has 8 heteroatoms. The Morgan fingerprint density at radius 3 is 2.07 bits per heavy atom. The van der Waals surface area contributed by atoms with Gasteiger partial charge < -0.3 is 4.55 Å². The Morgan fingerprint density at radius 2 is 1.71 bits per heavy atom. The predicted molar refractivity (Wildman–Crippen MR) is 109 cm³/mol. The minimum atomic E-state index is -4.49. The van der Waals surface area contributed by atoms with Gasteiger partial charge in [0.15, 0.2) is 17.3 Å². The molecule has 1 heterocycles. The van der Waals surface area contributed by atoms with Crippen LogP contribution in [-0.2, 0) is 35.4 Å². The summed E-state index contributed by atoms with van der Waals surface area (Å²) in [5.41, 5.74) is -0.994. The molecule has 0 N–H and O–H groups in total. The van der Waals surface area contributed by atoms with Gasteiger partial charge in [-0.1, -0.05) is 34.6 Å². The topological polar surface area (TPSA) is 108 Å². The van der Waals surface area contributed by atoms with E-state index in [4.69, 9.17) is 0 Å². The predicted octanol–water partition coefficient (Wildman–Crippen LogP) is 2.12. The van der Waals surface area contributed by atoms with Crippen LogP contribution in [0.15, 0.2) is 0 Å². The van der Waals surface area contributed by atoms with Crippen molar-refractivity contribution < 1.29 is 27.4 Å². The highest BCUT2D eigenvalue weighted by atomic mass is 32.2. The van der Waals surface area contributed by atoms with Crippen LogP contribution in [0.25, 0.3) is 0 Å². The largest absolute Gasteiger partial charge is 0.747 e. The average Bonchev–Trinajstić information content (AvgIpc) is 2.88. The maximum Gasteiger partial charge on any atom is 0.184 e. The summed E-state index contributed by atoms with van der Waals surface area (Å²) < 4.78 is 33.3. The van der Waals surface area contributed by atoms with Gasteiger partial charge in [-0.15, -0.1) is 0 Å². The second-order valence-electron chi connectivity index (χ2n) is 9.30. The van der Waals surface area contributed by atoms with Crippen LogP contribution in [0.1, 0.15) is 60.3 Å². The summed E-state index contributed by atoms with van der Waals surface area (Å²) in [7, 11) is -4.28. The fourth-order valence-electron chi connectivity index (χ4n) is 4.59. The van der Waals surface area contributed by atoms with Crippen molar-refractivity contribution >= 4 is 38.4 Å². The van der Waals surface area contributed by atoms with Crippen LogP contribution in [0, 0.1) is 22.7 Å². The minimum absolute atomic E-state index is 0.158. The molecule has 0 aromatic rings. The van der Waals surface area contributed by atoms with Crippen molar-refractivity contribution in [3.63, 3.8) is 0 Å². The number of hydrogen-bond donors (Lipinski definition) is 0. The number of Topliss-reactive ketones (excluding diaryl/α,β-unsaturated/α-hetero) is 3. The molecule has 0 aromatic heterocycles. The van der Waals surface area contributed by atoms with Crippen LogP contribution in [0.5, 0.6) is 0 Å². The Kier molecular flexibility index (Phi) is 6.88. The van der Waals surface area contributed by atoms with Gasteiger partial charge in [0.2, 0.25) is 0 Å². The second-order valence-corrected chi connectivity index (χ2v) is 13.1. The molecule has 28 heavy (non-hydrogen) atoms. The highest BCUT2D eigenvalue weighted by molar-refractivity contribution is 7.97. The molecule has 1 aliphatic heterocycles. The molecule has 3 rings (SSSR count). The van der Waals surface area contributed by atoms with E-state index in [1.54, 1.807) is 6.92 Å². The lowest BCUT2D eigenvalue weighted by molar-refractivity contribution is -0.128. The van der Waals surface area contributed by atoms with E-state index in [1.807, 2.05) is 27.7 Å². The summed E-state index contributed by atoms with van der Waals surface area (Å²) in [6.07, 6.45) is 2.78. The van der Waals surface area contributed by atoms with Crippen molar-refractivity contribution in [1.82, 2.24) is 0 Å². The summed E-state index contributed by atoms with van der Waals surface area (Å²) in [4.78, 5) is 34.3. The summed E-state index contributed by atoms with van der Waals surface area (Å²) >= 11 is 0. The van der Waals surface area contributed by atoms with Gasteiger partial charge in [0.1, 0.15) is 32.7 Å². The van der Waals surface area contributed by atoms with Crippen LogP contribution in [0.4, 0.5) is 0 Å². The van der Waals surface area contributed by atoms with Gasteiger partial charge in [-0.3, -0.25) is 14.4 Å². The summed E-state index contributed by atoms with van der Waals surface area (Å²) in [5.74, 6) is 2.86. The van der Waals surface area contributed by atoms with Crippen molar-refractivity contribution in [3.05, 3.63) is 0 Å². The van der Waals surface area contributed by atoms with E-state index in [1.165, 1.54) is 0 Å². The van der Waals surface area contributed by atoms with Gasteiger partial charge in [0.05, 0.1) is 12.8 Å². The molecule has 3 atom stereocenters. The van der Waals surface area contributed by atoms with Gasteiger partial charge >= 0.3 is 0 Å². The zero-order valence-electron chi connectivity index (χ0n) is 17.4. The van der Waals surface area contributed by atoms with Gasteiger partial charge in [-0.2, -0.15) is 0 Å². The van der Waals surface area contributed by atoms with Crippen molar-refractivity contribution in [1.29, 1.82) is 0 Å². The molecule has 2 bridgehead atoms. The Bertz CT molecular complexity index is 745. The molecular formula is C20H32O6S2. The van der Waals surface area contributed by atoms with Crippen LogP contribution < -0.4 is 0 Å². The zero-order valence-corrected chi connectivity index (χ0v) is 19.1. The SMILES string of the molecule is CC(C)C(=O)C[S+]1CCC(=O)CC1.CC12CCC(C(S(=O)(=O)[O-])C1=O)C2(C)C. The van der Waals surface area contributed by atoms with E-state index in [0.717, 1.165) is 11.5 Å². The number of carbonyl (C=O) groups excluding carboxylic acids is 3. The fourth-order valence-corrected chi connectivity index (χ4v) is 8.25. The summed E-state index contributed by atoms with van der Waals surface area (Å²) in [6.45, 7) is 9.48. The van der Waals surface area contributed by atoms with Crippen molar-refractivity contribution in [2.24, 2.45) is 22.7 Å². The van der Waals surface area contributed by atoms with Crippen LogP contribution in [-0.4, -0.2) is 52.8 Å². The quantitative estimate of drug-likeness (QED) is 0.497. The Balaban J connectivity index is 0.000000203. The van der Waals surface area contributed by atoms with Crippen molar-refractivity contribution in [2.75, 3.05) is 17.3 Å². The number of ketones is 3. The Morgan fingerprint density at radius 1 is 1.18 bits per heavy atom. The lowest BCUT2D eigenvalue weighted by Gasteiger charge is -2.32. The molecule has 3 aliphatic rings. The second kappa shape index (κ2) is 8.19. The fraction of sp³-hybridized carbons (Fsp3) is 0.850. The standard InChI is InChI=1S/C10H16O4S.C10H17O2S/c1-9(2)6-4-5-10(9,3)8(11)7(6)15(12,13)14;1-8(2)10(12)7-13-5-3-9(11)4-6-13/h6-7H,4-5H2,1-3H3,(H,12,13,14);8H,3-7H2,1-2H3/q;+1/p-1. The zero-order chi connectivity index (χ0) is 21.5. The average molecular weight is 433 g/mol. The first-order chi connectivity index (χ1) is 12.7. The molecule has 6 nitrogen and oxygen atoms in total. The third-order valence-electron chi connectivity index (χ3n) is 7.11. The number of fused-ring (bicyclic) bond motifs is 2. The van der Waals surface area contributed by atoms with Gasteiger partial charge in [0, 0.05) is 11.3 Å². The van der Waals surface area contributed by atoms with Gasteiger partial charge in [-0.05, 0) is 35.1 Å². The molecule has 0 aromatic carbocycles. The van der Waals surface area contributed by atoms with E-state index < -0.39 is 20.8 Å². The van der Waals surface area contributed by atoms with E-state index >= 15 is 0 Å². The lowest BCUT2D eigenvalue weighted by Crippen LogP contribution is -2.38. The smallest absolute Gasteiger partial charge is 0.184 e. The third kappa shape index (κ3) is 4.38. The third-order valence-corrected chi connectivity index (χ3v) is 10.5. The molecule has 2 aliphatic carbocycles. The van der Waals surface area contributed by atoms with Crippen LogP contribution in [0.3, 0.4) is 0 Å². The van der Waals surface area contributed by atoms with Crippen molar-refractivity contribution in [2.45, 2.75) is 65.6 Å². The monoisotopic (exact) mass is 432 g/mol. The first-order valence-corrected chi connectivity index (χ1v) is 13.1. The molecule has 0 amide bonds. The summed E-state index contributed by atoms with van der Waals surface area (Å²) in [5, 5.41) is -1.30. The van der Waals surface area contributed by atoms with Crippen molar-refractivity contribution in [3.8, 4) is 0 Å². The Hall–Kier alpha value is -0.730. The molecule has 2 saturated carbocycles. The molecule has 3 unspecified atom stereocenters. The van der Waals surface area contributed by atoms with E-state index in [2.05, 4.69) is 0 Å². The molecule has 160 valence electrons. The number of hydrogen-bond acceptors (Lipinski definition) is 6. The maximum atomic E-state index is 12.0. The molecule has 0 radical (unpaired) electrons. The minimum Gasteiger partial charge on any atom is -0.747 e. The van der Waals surface area contributed by atoms with Gasteiger partial charge in [0.25, 0.3) is 0 Å². The highest BCUT2D eigenvalue weighted by Crippen LogP contribution is 2.64. The normalized spacial score (nSPS) is 32.4. The first-order valence-electron chi connectivity index (χ1n) is 9.89. The highest BCUT2D eigenvalue weighted by Gasteiger charge is 2.67. The number of carbonyl (C=O) groups is 3. The molecule has 1 saturated heterocycles. The van der Waals surface area contributed by atoms with E-state index in [9.17, 15) is 27.4 Å². The van der Waals surface area contributed by atoms with E-state index in [-0.39, 0.29) is 33.9 Å². The van der Waals surface area contributed by atoms with Crippen LogP contribution >= 0.6 is 0 Å². The first kappa shape index (κ1) is 23.5. The molecule has 3 fully saturated rings.